The van der Waals surface area contributed by atoms with Gasteiger partial charge in [-0.05, 0) is 36.2 Å². The minimum Gasteiger partial charge on any atom is -0.352 e. The van der Waals surface area contributed by atoms with Gasteiger partial charge in [-0.15, -0.1) is 0 Å². The van der Waals surface area contributed by atoms with Gasteiger partial charge in [0.15, 0.2) is 0 Å². The molecule has 3 aromatic rings. The Morgan fingerprint density at radius 1 is 1.14 bits per heavy atom. The van der Waals surface area contributed by atoms with Crippen molar-refractivity contribution in [3.8, 4) is 0 Å². The third-order valence-corrected chi connectivity index (χ3v) is 3.41. The molecule has 0 unspecified atom stereocenters. The summed E-state index contributed by atoms with van der Waals surface area (Å²) < 4.78 is 0. The van der Waals surface area contributed by atoms with E-state index in [1.807, 2.05) is 37.3 Å². The van der Waals surface area contributed by atoms with Crippen LogP contribution in [0.4, 0.5) is 0 Å². The van der Waals surface area contributed by atoms with E-state index in [1.54, 1.807) is 6.20 Å². The molecule has 0 aliphatic heterocycles. The van der Waals surface area contributed by atoms with Gasteiger partial charge in [0, 0.05) is 18.4 Å². The predicted octanol–water partition coefficient (Wildman–Crippen LogP) is 1.42. The molecule has 2 heterocycles. The van der Waals surface area contributed by atoms with Gasteiger partial charge in [-0.1, -0.05) is 12.1 Å². The fourth-order valence-electron chi connectivity index (χ4n) is 2.24. The first-order valence-electron chi connectivity index (χ1n) is 6.99. The number of hydrogen-bond donors (Lipinski definition) is 3. The summed E-state index contributed by atoms with van der Waals surface area (Å²) in [5.41, 5.74) is 4.00. The average molecular weight is 296 g/mol. The molecule has 0 aliphatic rings. The highest BCUT2D eigenvalue weighted by atomic mass is 16.1. The van der Waals surface area contributed by atoms with Crippen LogP contribution in [0, 0.1) is 6.92 Å². The molecule has 0 aliphatic carbocycles. The number of nitrogens with zero attached hydrogens (tertiary/aromatic N) is 1. The van der Waals surface area contributed by atoms with Gasteiger partial charge in [0.1, 0.15) is 0 Å². The fraction of sp³-hybridized carbons (Fsp3) is 0.188. The maximum atomic E-state index is 11.9. The number of nitrogens with one attached hydrogen (secondary N) is 3. The van der Waals surface area contributed by atoms with Crippen molar-refractivity contribution in [3.63, 3.8) is 0 Å². The quantitative estimate of drug-likeness (QED) is 0.680. The van der Waals surface area contributed by atoms with Gasteiger partial charge < -0.3 is 15.3 Å². The van der Waals surface area contributed by atoms with Crippen LogP contribution in [0.3, 0.4) is 0 Å². The van der Waals surface area contributed by atoms with E-state index in [1.165, 1.54) is 0 Å². The molecule has 0 bridgehead atoms. The van der Waals surface area contributed by atoms with Gasteiger partial charge in [-0.3, -0.25) is 9.78 Å². The second-order valence-electron chi connectivity index (χ2n) is 5.22. The van der Waals surface area contributed by atoms with Crippen LogP contribution in [-0.2, 0) is 17.8 Å². The van der Waals surface area contributed by atoms with Gasteiger partial charge >= 0.3 is 5.69 Å². The van der Waals surface area contributed by atoms with Crippen LogP contribution in [0.1, 0.15) is 16.8 Å². The number of benzene rings is 1. The van der Waals surface area contributed by atoms with Crippen molar-refractivity contribution < 1.29 is 4.79 Å². The van der Waals surface area contributed by atoms with Crippen molar-refractivity contribution in [1.29, 1.82) is 0 Å². The summed E-state index contributed by atoms with van der Waals surface area (Å²) in [6, 6.07) is 9.33. The first-order chi connectivity index (χ1) is 10.6. The molecule has 3 N–H and O–H groups in total. The summed E-state index contributed by atoms with van der Waals surface area (Å²) in [6.45, 7) is 2.33. The van der Waals surface area contributed by atoms with E-state index in [2.05, 4.69) is 20.3 Å². The molecule has 112 valence electrons. The minimum absolute atomic E-state index is 0.0617. The van der Waals surface area contributed by atoms with Crippen molar-refractivity contribution >= 4 is 16.9 Å². The zero-order chi connectivity index (χ0) is 15.5. The monoisotopic (exact) mass is 296 g/mol. The number of fused-ring (bicyclic) bond motifs is 1. The average Bonchev–Trinajstić information content (AvgIpc) is 2.87. The number of rotatable bonds is 4. The zero-order valence-electron chi connectivity index (χ0n) is 12.1. The van der Waals surface area contributed by atoms with Crippen LogP contribution >= 0.6 is 0 Å². The van der Waals surface area contributed by atoms with E-state index in [9.17, 15) is 9.59 Å². The summed E-state index contributed by atoms with van der Waals surface area (Å²) in [5.74, 6) is -0.0617. The number of aromatic amines is 2. The Kier molecular flexibility index (Phi) is 3.74. The Hall–Kier alpha value is -2.89. The van der Waals surface area contributed by atoms with Gasteiger partial charge in [0.25, 0.3) is 0 Å². The van der Waals surface area contributed by atoms with Crippen LogP contribution in [-0.4, -0.2) is 20.9 Å². The number of amides is 1. The summed E-state index contributed by atoms with van der Waals surface area (Å²) >= 11 is 0. The van der Waals surface area contributed by atoms with Gasteiger partial charge in [0.05, 0.1) is 17.5 Å². The van der Waals surface area contributed by atoms with E-state index < -0.39 is 0 Å². The van der Waals surface area contributed by atoms with Gasteiger partial charge in [0.2, 0.25) is 5.91 Å². The topological polar surface area (TPSA) is 90.6 Å². The number of carbonyl (C=O) groups is 1. The normalized spacial score (nSPS) is 10.8. The standard InChI is InChI=1S/C16H16N4O2/c1-10-2-3-12(8-17-10)7-15(21)18-9-11-4-5-13-14(6-11)20-16(22)19-13/h2-6,8H,7,9H2,1H3,(H,18,21)(H2,19,20,22). The maximum Gasteiger partial charge on any atom is 0.323 e. The van der Waals surface area contributed by atoms with E-state index in [4.69, 9.17) is 0 Å². The lowest BCUT2D eigenvalue weighted by Gasteiger charge is -2.06. The molecular weight excluding hydrogens is 280 g/mol. The Morgan fingerprint density at radius 3 is 2.68 bits per heavy atom. The molecule has 0 saturated heterocycles. The fourth-order valence-corrected chi connectivity index (χ4v) is 2.24. The third-order valence-electron chi connectivity index (χ3n) is 3.41. The molecule has 22 heavy (non-hydrogen) atoms. The van der Waals surface area contributed by atoms with Gasteiger partial charge in [-0.2, -0.15) is 0 Å². The first-order valence-corrected chi connectivity index (χ1v) is 6.99. The smallest absolute Gasteiger partial charge is 0.323 e. The SMILES string of the molecule is Cc1ccc(CC(=O)NCc2ccc3[nH]c(=O)[nH]c3c2)cn1. The molecule has 6 nitrogen and oxygen atoms in total. The highest BCUT2D eigenvalue weighted by Gasteiger charge is 2.05. The van der Waals surface area contributed by atoms with Crippen LogP contribution in [0.2, 0.25) is 0 Å². The van der Waals surface area contributed by atoms with Crippen molar-refractivity contribution in [2.45, 2.75) is 19.9 Å². The van der Waals surface area contributed by atoms with E-state index >= 15 is 0 Å². The van der Waals surface area contributed by atoms with Crippen LogP contribution in [0.5, 0.6) is 0 Å². The Balaban J connectivity index is 1.61. The predicted molar refractivity (Wildman–Crippen MR) is 83.4 cm³/mol. The lowest BCUT2D eigenvalue weighted by Crippen LogP contribution is -2.24. The van der Waals surface area contributed by atoms with Gasteiger partial charge in [-0.25, -0.2) is 4.79 Å². The van der Waals surface area contributed by atoms with Crippen LogP contribution in [0.25, 0.3) is 11.0 Å². The Bertz CT molecular complexity index is 862. The second kappa shape index (κ2) is 5.85. The van der Waals surface area contributed by atoms with Crippen LogP contribution < -0.4 is 11.0 Å². The Labute approximate surface area is 126 Å². The molecule has 0 spiro atoms. The highest BCUT2D eigenvalue weighted by molar-refractivity contribution is 5.79. The van der Waals surface area contributed by atoms with E-state index in [-0.39, 0.29) is 11.6 Å². The zero-order valence-corrected chi connectivity index (χ0v) is 12.1. The number of hydrogen-bond acceptors (Lipinski definition) is 3. The molecule has 2 aromatic heterocycles. The number of carbonyl (C=O) groups excluding carboxylic acids is 1. The molecule has 1 amide bonds. The van der Waals surface area contributed by atoms with Crippen molar-refractivity contribution in [1.82, 2.24) is 20.3 Å². The molecule has 6 heteroatoms. The molecule has 0 saturated carbocycles. The summed E-state index contributed by atoms with van der Waals surface area (Å²) in [7, 11) is 0. The summed E-state index contributed by atoms with van der Waals surface area (Å²) in [5, 5.41) is 2.86. The second-order valence-corrected chi connectivity index (χ2v) is 5.22. The van der Waals surface area contributed by atoms with E-state index in [0.717, 1.165) is 27.9 Å². The largest absolute Gasteiger partial charge is 0.352 e. The number of aromatic nitrogens is 3. The van der Waals surface area contributed by atoms with Crippen molar-refractivity contribution in [2.24, 2.45) is 0 Å². The number of aryl methyl sites for hydroxylation is 1. The Morgan fingerprint density at radius 2 is 1.91 bits per heavy atom. The molecular formula is C16H16N4O2. The highest BCUT2D eigenvalue weighted by Crippen LogP contribution is 2.10. The lowest BCUT2D eigenvalue weighted by atomic mass is 10.1. The number of H-pyrrole nitrogens is 2. The van der Waals surface area contributed by atoms with Crippen molar-refractivity contribution in [3.05, 3.63) is 63.8 Å². The molecule has 3 rings (SSSR count). The van der Waals surface area contributed by atoms with Crippen molar-refractivity contribution in [2.75, 3.05) is 0 Å². The molecule has 0 radical (unpaired) electrons. The molecule has 0 fully saturated rings. The minimum atomic E-state index is -0.233. The summed E-state index contributed by atoms with van der Waals surface area (Å²) in [4.78, 5) is 32.7. The number of imidazole rings is 1. The molecule has 0 atom stereocenters. The summed E-state index contributed by atoms with van der Waals surface area (Å²) in [6.07, 6.45) is 2.02. The first kappa shape index (κ1) is 14.1. The lowest BCUT2D eigenvalue weighted by molar-refractivity contribution is -0.120. The number of pyridine rings is 1. The van der Waals surface area contributed by atoms with E-state index in [0.29, 0.717) is 13.0 Å². The third kappa shape index (κ3) is 3.22. The maximum absolute atomic E-state index is 11.9. The van der Waals surface area contributed by atoms with Crippen LogP contribution in [0.15, 0.2) is 41.3 Å². The molecule has 1 aromatic carbocycles.